The summed E-state index contributed by atoms with van der Waals surface area (Å²) in [7, 11) is -4.74. The van der Waals surface area contributed by atoms with Gasteiger partial charge in [-0.05, 0) is 32.1 Å². The molecule has 0 aliphatic rings. The van der Waals surface area contributed by atoms with Gasteiger partial charge in [0.05, 0.1) is 13.2 Å². The Morgan fingerprint density at radius 3 is 1.65 bits per heavy atom. The predicted molar refractivity (Wildman–Crippen MR) is 190 cm³/mol. The van der Waals surface area contributed by atoms with Crippen molar-refractivity contribution in [2.75, 3.05) is 19.8 Å². The Morgan fingerprint density at radius 1 is 0.646 bits per heavy atom. The van der Waals surface area contributed by atoms with E-state index in [1.165, 1.54) is 70.6 Å². The second kappa shape index (κ2) is 32.4. The Kier molecular flexibility index (Phi) is 31.2. The van der Waals surface area contributed by atoms with Crippen LogP contribution in [0.15, 0.2) is 12.2 Å². The van der Waals surface area contributed by atoms with Crippen LogP contribution >= 0.6 is 7.82 Å². The van der Waals surface area contributed by atoms with Gasteiger partial charge in [0.25, 0.3) is 0 Å². The van der Waals surface area contributed by atoms with Gasteiger partial charge in [-0.25, -0.2) is 9.36 Å². The van der Waals surface area contributed by atoms with Crippen molar-refractivity contribution < 1.29 is 47.8 Å². The van der Waals surface area contributed by atoms with Crippen molar-refractivity contribution in [1.29, 1.82) is 0 Å². The quantitative estimate of drug-likeness (QED) is 0.0217. The summed E-state index contributed by atoms with van der Waals surface area (Å²) in [6, 6.07) is -1.54. The number of hydrogen-bond donors (Lipinski definition) is 4. The number of aliphatic carboxylic acids is 1. The Hall–Kier alpha value is -1.78. The Balaban J connectivity index is 3.98. The van der Waals surface area contributed by atoms with E-state index in [-0.39, 0.29) is 12.8 Å². The van der Waals surface area contributed by atoms with Crippen molar-refractivity contribution in [2.24, 2.45) is 0 Å². The molecule has 0 rings (SSSR count). The van der Waals surface area contributed by atoms with E-state index in [1.807, 2.05) is 0 Å². The van der Waals surface area contributed by atoms with E-state index in [0.717, 1.165) is 57.8 Å². The lowest BCUT2D eigenvalue weighted by molar-refractivity contribution is -0.147. The molecule has 0 saturated heterocycles. The van der Waals surface area contributed by atoms with Crippen LogP contribution < -0.4 is 5.32 Å². The molecule has 11 nitrogen and oxygen atoms in total. The number of esters is 1. The summed E-state index contributed by atoms with van der Waals surface area (Å²) in [5, 5.41) is 21.7. The van der Waals surface area contributed by atoms with Crippen LogP contribution in [0.3, 0.4) is 0 Å². The van der Waals surface area contributed by atoms with Gasteiger partial charge >= 0.3 is 19.8 Å². The second-order valence-electron chi connectivity index (χ2n) is 12.8. The normalized spacial score (nSPS) is 14.1. The summed E-state index contributed by atoms with van der Waals surface area (Å²) >= 11 is 0. The summed E-state index contributed by atoms with van der Waals surface area (Å²) in [6.45, 7) is 2.52. The maximum Gasteiger partial charge on any atom is 0.472 e. The molecule has 0 saturated carbocycles. The molecule has 0 aliphatic heterocycles. The third kappa shape index (κ3) is 31.5. The van der Waals surface area contributed by atoms with Crippen LogP contribution in [0.2, 0.25) is 0 Å². The van der Waals surface area contributed by atoms with E-state index in [0.29, 0.717) is 12.8 Å². The number of rotatable bonds is 35. The molecule has 0 aromatic heterocycles. The highest BCUT2D eigenvalue weighted by Crippen LogP contribution is 2.43. The maximum atomic E-state index is 12.2. The number of allylic oxidation sites excluding steroid dienone is 2. The van der Waals surface area contributed by atoms with Crippen LogP contribution in [0.1, 0.15) is 168 Å². The van der Waals surface area contributed by atoms with E-state index in [2.05, 4.69) is 31.3 Å². The fourth-order valence-electron chi connectivity index (χ4n) is 5.06. The Labute approximate surface area is 290 Å². The number of aliphatic hydroxyl groups is 1. The smallest absolute Gasteiger partial charge is 0.472 e. The topological polar surface area (TPSA) is 169 Å². The molecule has 1 amide bonds. The van der Waals surface area contributed by atoms with Crippen molar-refractivity contribution in [3.63, 3.8) is 0 Å². The van der Waals surface area contributed by atoms with Crippen molar-refractivity contribution in [1.82, 2.24) is 5.32 Å². The second-order valence-corrected chi connectivity index (χ2v) is 14.2. The van der Waals surface area contributed by atoms with Gasteiger partial charge in [-0.15, -0.1) is 0 Å². The van der Waals surface area contributed by atoms with Crippen molar-refractivity contribution in [3.05, 3.63) is 12.2 Å². The number of amides is 1. The number of carboxylic acid groups (broad SMARTS) is 1. The molecule has 3 atom stereocenters. The van der Waals surface area contributed by atoms with Gasteiger partial charge in [0.1, 0.15) is 12.7 Å². The molecule has 0 radical (unpaired) electrons. The van der Waals surface area contributed by atoms with Crippen LogP contribution in [-0.2, 0) is 32.7 Å². The Bertz CT molecular complexity index is 885. The summed E-state index contributed by atoms with van der Waals surface area (Å²) < 4.78 is 26.7. The molecule has 4 N–H and O–H groups in total. The van der Waals surface area contributed by atoms with Gasteiger partial charge in [-0.1, -0.05) is 135 Å². The minimum absolute atomic E-state index is 0.150. The molecule has 48 heavy (non-hydrogen) atoms. The first kappa shape index (κ1) is 46.2. The van der Waals surface area contributed by atoms with Crippen molar-refractivity contribution in [3.8, 4) is 0 Å². The van der Waals surface area contributed by atoms with Gasteiger partial charge < -0.3 is 25.2 Å². The molecule has 0 aliphatic carbocycles. The number of hydrogen-bond acceptors (Lipinski definition) is 8. The third-order valence-corrected chi connectivity index (χ3v) is 9.01. The van der Waals surface area contributed by atoms with E-state index < -0.39 is 57.6 Å². The van der Waals surface area contributed by atoms with Crippen LogP contribution in [0.4, 0.5) is 0 Å². The SMILES string of the molecule is CCCC/C=C\CCCCCCCC(=O)OCC(O)COP(=O)(O)OCC(NC(=O)CCCCCCCCCCCCCCC)C(=O)O. The number of nitrogens with one attached hydrogen (secondary N) is 1. The number of carboxylic acids is 1. The minimum Gasteiger partial charge on any atom is -0.480 e. The third-order valence-electron chi connectivity index (χ3n) is 8.05. The first-order valence-corrected chi connectivity index (χ1v) is 20.2. The number of unbranched alkanes of at least 4 members (excludes halogenated alkanes) is 19. The maximum absolute atomic E-state index is 12.2. The molecule has 282 valence electrons. The number of carbonyl (C=O) groups excluding carboxylic acids is 2. The zero-order valence-electron chi connectivity index (χ0n) is 30.0. The Morgan fingerprint density at radius 2 is 1.10 bits per heavy atom. The number of ether oxygens (including phenoxy) is 1. The molecule has 0 bridgehead atoms. The van der Waals surface area contributed by atoms with Gasteiger partial charge in [0.15, 0.2) is 6.04 Å². The molecule has 0 spiro atoms. The van der Waals surface area contributed by atoms with Gasteiger partial charge in [0.2, 0.25) is 5.91 Å². The molecule has 0 fully saturated rings. The molecule has 3 unspecified atom stereocenters. The highest BCUT2D eigenvalue weighted by atomic mass is 31.2. The van der Waals surface area contributed by atoms with Gasteiger partial charge in [-0.3, -0.25) is 18.6 Å². The predicted octanol–water partition coefficient (Wildman–Crippen LogP) is 8.55. The summed E-state index contributed by atoms with van der Waals surface area (Å²) in [4.78, 5) is 45.6. The van der Waals surface area contributed by atoms with E-state index in [1.54, 1.807) is 0 Å². The average Bonchev–Trinajstić information content (AvgIpc) is 3.05. The van der Waals surface area contributed by atoms with Crippen molar-refractivity contribution >= 4 is 25.7 Å². The lowest BCUT2D eigenvalue weighted by atomic mass is 10.0. The van der Waals surface area contributed by atoms with Crippen LogP contribution in [0, 0.1) is 0 Å². The number of phosphoric ester groups is 1. The standard InChI is InChI=1S/C36H68NO10P/c1-3-5-7-9-11-13-15-16-18-19-21-23-25-27-34(39)37-33(36(41)42)31-47-48(43,44)46-30-32(38)29-45-35(40)28-26-24-22-20-17-14-12-10-8-6-4-2/h10,12,32-33,38H,3-9,11,13-31H2,1-2H3,(H,37,39)(H,41,42)(H,43,44)/b12-10-. The fourth-order valence-corrected chi connectivity index (χ4v) is 5.83. The van der Waals surface area contributed by atoms with E-state index in [9.17, 15) is 34.1 Å². The lowest BCUT2D eigenvalue weighted by Gasteiger charge is -2.18. The molecule has 0 aromatic rings. The zero-order chi connectivity index (χ0) is 35.7. The molecule has 0 aromatic carbocycles. The van der Waals surface area contributed by atoms with Crippen molar-refractivity contribution in [2.45, 2.75) is 180 Å². The molecular formula is C36H68NO10P. The van der Waals surface area contributed by atoms with Crippen LogP contribution in [0.25, 0.3) is 0 Å². The first-order chi connectivity index (χ1) is 23.1. The summed E-state index contributed by atoms with van der Waals surface area (Å²) in [6.07, 6.45) is 28.2. The molecule has 12 heteroatoms. The first-order valence-electron chi connectivity index (χ1n) is 18.7. The van der Waals surface area contributed by atoms with Gasteiger partial charge in [-0.2, -0.15) is 0 Å². The summed E-state index contributed by atoms with van der Waals surface area (Å²) in [5.41, 5.74) is 0. The zero-order valence-corrected chi connectivity index (χ0v) is 30.9. The molecular weight excluding hydrogens is 637 g/mol. The van der Waals surface area contributed by atoms with E-state index in [4.69, 9.17) is 13.8 Å². The number of aliphatic hydroxyl groups excluding tert-OH is 1. The lowest BCUT2D eigenvalue weighted by Crippen LogP contribution is -2.43. The van der Waals surface area contributed by atoms with Crippen LogP contribution in [0.5, 0.6) is 0 Å². The number of phosphoric acid groups is 1. The largest absolute Gasteiger partial charge is 0.480 e. The number of carbonyl (C=O) groups is 3. The minimum atomic E-state index is -4.74. The van der Waals surface area contributed by atoms with Crippen LogP contribution in [-0.4, -0.2) is 64.9 Å². The highest BCUT2D eigenvalue weighted by Gasteiger charge is 2.28. The average molecular weight is 706 g/mol. The fraction of sp³-hybridized carbons (Fsp3) is 0.861. The van der Waals surface area contributed by atoms with Gasteiger partial charge in [0, 0.05) is 12.8 Å². The van der Waals surface area contributed by atoms with E-state index >= 15 is 0 Å². The highest BCUT2D eigenvalue weighted by molar-refractivity contribution is 7.47. The molecule has 0 heterocycles. The summed E-state index contributed by atoms with van der Waals surface area (Å²) in [5.74, 6) is -2.38. The monoisotopic (exact) mass is 705 g/mol.